The summed E-state index contributed by atoms with van der Waals surface area (Å²) in [6.45, 7) is 5.55. The van der Waals surface area contributed by atoms with Crippen LogP contribution in [0.1, 0.15) is 41.8 Å². The van der Waals surface area contributed by atoms with E-state index in [1.807, 2.05) is 46.1 Å². The lowest BCUT2D eigenvalue weighted by Gasteiger charge is -2.20. The van der Waals surface area contributed by atoms with Gasteiger partial charge in [-0.3, -0.25) is 4.79 Å². The van der Waals surface area contributed by atoms with E-state index in [1.54, 1.807) is 0 Å². The summed E-state index contributed by atoms with van der Waals surface area (Å²) in [5.74, 6) is -0.616. The van der Waals surface area contributed by atoms with E-state index >= 15 is 0 Å². The molecule has 2 aromatic carbocycles. The van der Waals surface area contributed by atoms with Gasteiger partial charge in [-0.05, 0) is 75.7 Å². The van der Waals surface area contributed by atoms with Crippen molar-refractivity contribution in [3.8, 4) is 0 Å². The van der Waals surface area contributed by atoms with Gasteiger partial charge in [-0.2, -0.15) is 0 Å². The van der Waals surface area contributed by atoms with E-state index in [1.165, 1.54) is 12.1 Å². The highest BCUT2D eigenvalue weighted by Crippen LogP contribution is 2.31. The van der Waals surface area contributed by atoms with Gasteiger partial charge in [0.1, 0.15) is 5.82 Å². The Labute approximate surface area is 177 Å². The minimum Gasteiger partial charge on any atom is -0.407 e. The number of nitrogens with zero attached hydrogens (tertiary/aromatic N) is 1. The van der Waals surface area contributed by atoms with Crippen LogP contribution >= 0.6 is 11.6 Å². The molecule has 0 N–H and O–H groups in total. The fraction of sp³-hybridized carbons (Fsp3) is 0.409. The monoisotopic (exact) mass is 417 g/mol. The third-order valence-corrected chi connectivity index (χ3v) is 5.35. The number of fused-ring (bicyclic) bond motifs is 1. The Balaban J connectivity index is 1.75. The first kappa shape index (κ1) is 22.0. The summed E-state index contributed by atoms with van der Waals surface area (Å²) < 4.78 is 25.4. The lowest BCUT2D eigenvalue weighted by Crippen LogP contribution is -2.34. The molecule has 29 heavy (non-hydrogen) atoms. The molecule has 4 nitrogen and oxygen atoms in total. The smallest absolute Gasteiger partial charge is 0.407 e. The summed E-state index contributed by atoms with van der Waals surface area (Å²) in [6, 6.07) is 9.72. The van der Waals surface area contributed by atoms with Crippen LogP contribution < -0.4 is 5.46 Å². The standard InChI is InChI=1S/C22H26BClFNO3/c1-22(2)18-9-6-15(13-21(27)17-8-7-16(25)14-20(17)24)12-19(18)23(29-22)28-11-5-10-26(3)4/h6-9,12,14H,5,10-11,13H2,1-4H3. The summed E-state index contributed by atoms with van der Waals surface area (Å²) in [7, 11) is 3.61. The number of benzene rings is 2. The molecular formula is C22H26BClFNO3. The van der Waals surface area contributed by atoms with E-state index < -0.39 is 18.5 Å². The van der Waals surface area contributed by atoms with Crippen molar-refractivity contribution in [2.45, 2.75) is 32.3 Å². The summed E-state index contributed by atoms with van der Waals surface area (Å²) in [4.78, 5) is 14.8. The zero-order valence-electron chi connectivity index (χ0n) is 17.3. The molecule has 1 aliphatic heterocycles. The van der Waals surface area contributed by atoms with Crippen LogP contribution in [0.2, 0.25) is 5.02 Å². The molecule has 0 fully saturated rings. The second kappa shape index (κ2) is 8.96. The normalized spacial score (nSPS) is 15.1. The first-order valence-corrected chi connectivity index (χ1v) is 10.1. The highest BCUT2D eigenvalue weighted by molar-refractivity contribution is 6.63. The van der Waals surface area contributed by atoms with Crippen molar-refractivity contribution in [2.75, 3.05) is 27.2 Å². The molecule has 0 spiro atoms. The number of hydrogen-bond donors (Lipinski definition) is 0. The number of carbonyl (C=O) groups excluding carboxylic acids is 1. The van der Waals surface area contributed by atoms with Crippen LogP contribution in [0, 0.1) is 5.82 Å². The fourth-order valence-electron chi connectivity index (χ4n) is 3.55. The predicted molar refractivity (Wildman–Crippen MR) is 115 cm³/mol. The van der Waals surface area contributed by atoms with Gasteiger partial charge >= 0.3 is 7.12 Å². The largest absolute Gasteiger partial charge is 0.494 e. The van der Waals surface area contributed by atoms with Gasteiger partial charge in [-0.25, -0.2) is 4.39 Å². The SMILES string of the molecule is CN(C)CCCOB1OC(C)(C)c2ccc(CC(=O)c3ccc(F)cc3Cl)cc21. The third-order valence-electron chi connectivity index (χ3n) is 5.04. The molecule has 0 bridgehead atoms. The van der Waals surface area contributed by atoms with Crippen molar-refractivity contribution in [1.29, 1.82) is 0 Å². The van der Waals surface area contributed by atoms with E-state index in [2.05, 4.69) is 4.90 Å². The second-order valence-corrected chi connectivity index (χ2v) is 8.54. The van der Waals surface area contributed by atoms with Gasteiger partial charge in [0, 0.05) is 18.6 Å². The molecule has 2 aromatic rings. The average molecular weight is 418 g/mol. The van der Waals surface area contributed by atoms with Crippen LogP contribution in [0.25, 0.3) is 0 Å². The van der Waals surface area contributed by atoms with Crippen molar-refractivity contribution in [1.82, 2.24) is 4.90 Å². The van der Waals surface area contributed by atoms with E-state index in [0.29, 0.717) is 12.2 Å². The zero-order valence-corrected chi connectivity index (χ0v) is 18.1. The first-order valence-electron chi connectivity index (χ1n) is 9.73. The van der Waals surface area contributed by atoms with Crippen molar-refractivity contribution in [3.05, 3.63) is 63.9 Å². The van der Waals surface area contributed by atoms with Crippen molar-refractivity contribution in [2.24, 2.45) is 0 Å². The van der Waals surface area contributed by atoms with Gasteiger partial charge in [0.05, 0.1) is 10.6 Å². The van der Waals surface area contributed by atoms with E-state index in [-0.39, 0.29) is 17.2 Å². The molecule has 0 amide bonds. The predicted octanol–water partition coefficient (Wildman–Crippen LogP) is 3.83. The summed E-state index contributed by atoms with van der Waals surface area (Å²) in [6.07, 6.45) is 1.08. The van der Waals surface area contributed by atoms with Gasteiger partial charge in [0.15, 0.2) is 5.78 Å². The Kier molecular flexibility index (Phi) is 6.79. The molecule has 0 radical (unpaired) electrons. The second-order valence-electron chi connectivity index (χ2n) is 8.13. The molecule has 0 unspecified atom stereocenters. The number of halogens is 2. The molecule has 1 heterocycles. The van der Waals surface area contributed by atoms with Crippen LogP contribution in [0.3, 0.4) is 0 Å². The Bertz CT molecular complexity index is 904. The van der Waals surface area contributed by atoms with Gasteiger partial charge in [0.2, 0.25) is 0 Å². The van der Waals surface area contributed by atoms with Crippen LogP contribution in [-0.2, 0) is 21.3 Å². The Morgan fingerprint density at radius 1 is 1.24 bits per heavy atom. The maximum absolute atomic E-state index is 13.2. The number of Topliss-reactive ketones (excluding diaryl/α,β-unsaturated/α-hetero) is 1. The van der Waals surface area contributed by atoms with Gasteiger partial charge in [0.25, 0.3) is 0 Å². The minimum atomic E-state index is -0.460. The summed E-state index contributed by atoms with van der Waals surface area (Å²) in [5, 5.41) is 0.128. The number of rotatable bonds is 8. The highest BCUT2D eigenvalue weighted by atomic mass is 35.5. The topological polar surface area (TPSA) is 38.8 Å². The molecule has 0 atom stereocenters. The molecule has 0 saturated carbocycles. The lowest BCUT2D eigenvalue weighted by atomic mass is 9.76. The van der Waals surface area contributed by atoms with Crippen LogP contribution in [0.4, 0.5) is 4.39 Å². The maximum atomic E-state index is 13.2. The number of ketones is 1. The molecule has 3 rings (SSSR count). The van der Waals surface area contributed by atoms with Crippen molar-refractivity contribution < 1.29 is 18.5 Å². The third kappa shape index (κ3) is 5.26. The maximum Gasteiger partial charge on any atom is 0.494 e. The van der Waals surface area contributed by atoms with Crippen LogP contribution in [-0.4, -0.2) is 45.0 Å². The first-order chi connectivity index (χ1) is 13.7. The van der Waals surface area contributed by atoms with Crippen LogP contribution in [0.15, 0.2) is 36.4 Å². The molecular weight excluding hydrogens is 392 g/mol. The molecule has 1 aliphatic rings. The lowest BCUT2D eigenvalue weighted by molar-refractivity contribution is 0.0834. The van der Waals surface area contributed by atoms with Crippen molar-refractivity contribution in [3.63, 3.8) is 0 Å². The Morgan fingerprint density at radius 3 is 2.69 bits per heavy atom. The van der Waals surface area contributed by atoms with Gasteiger partial charge in [-0.15, -0.1) is 0 Å². The number of hydrogen-bond acceptors (Lipinski definition) is 4. The van der Waals surface area contributed by atoms with E-state index in [0.717, 1.165) is 35.6 Å². The van der Waals surface area contributed by atoms with Crippen molar-refractivity contribution >= 4 is 30.0 Å². The summed E-state index contributed by atoms with van der Waals surface area (Å²) in [5.41, 5.74) is 2.73. The zero-order chi connectivity index (χ0) is 21.2. The highest BCUT2D eigenvalue weighted by Gasteiger charge is 2.42. The Morgan fingerprint density at radius 2 is 2.00 bits per heavy atom. The molecule has 0 saturated heterocycles. The fourth-order valence-corrected chi connectivity index (χ4v) is 3.82. The molecule has 7 heteroatoms. The van der Waals surface area contributed by atoms with Crippen LogP contribution in [0.5, 0.6) is 0 Å². The van der Waals surface area contributed by atoms with Gasteiger partial charge < -0.3 is 14.2 Å². The quantitative estimate of drug-likeness (QED) is 0.372. The van der Waals surface area contributed by atoms with Gasteiger partial charge in [-0.1, -0.05) is 29.8 Å². The van der Waals surface area contributed by atoms with E-state index in [4.69, 9.17) is 20.9 Å². The molecule has 154 valence electrons. The minimum absolute atomic E-state index is 0.128. The Hall–Kier alpha value is -1.73. The summed E-state index contributed by atoms with van der Waals surface area (Å²) >= 11 is 6.03. The number of carbonyl (C=O) groups is 1. The van der Waals surface area contributed by atoms with E-state index in [9.17, 15) is 9.18 Å². The average Bonchev–Trinajstić information content (AvgIpc) is 2.88. The molecule has 0 aliphatic carbocycles. The molecule has 0 aromatic heterocycles.